The van der Waals surface area contributed by atoms with Crippen LogP contribution >= 0.6 is 7.82 Å². The lowest BCUT2D eigenvalue weighted by molar-refractivity contribution is -0.870. The molecule has 3 aromatic rings. The van der Waals surface area contributed by atoms with Gasteiger partial charge in [-0.25, -0.2) is 29.1 Å². The van der Waals surface area contributed by atoms with Crippen molar-refractivity contribution in [3.05, 3.63) is 73.9 Å². The SMILES string of the molecule is C=CCOC(=O)N[C@@H](COP(=O)(OCC=C)OC[C@H]1O[C@@H](n2cnc3c(N)ncnc32)C[C@@H]1OC(C)=O)C(=O)N[C@@H](Cc1ccccc1)C(=O)OCC[N+](C)(C)C.[Br-]. The number of anilines is 1. The Morgan fingerprint density at radius 3 is 2.41 bits per heavy atom. The van der Waals surface area contributed by atoms with Gasteiger partial charge >= 0.3 is 25.9 Å². The number of carbonyl (C=O) groups is 4. The number of hydrogen-bond donors (Lipinski definition) is 3. The van der Waals surface area contributed by atoms with E-state index < -0.39 is 75.5 Å². The predicted octanol–water partition coefficient (Wildman–Crippen LogP) is -0.767. The summed E-state index contributed by atoms with van der Waals surface area (Å²) >= 11 is 0. The van der Waals surface area contributed by atoms with Crippen LogP contribution in [0.15, 0.2) is 68.3 Å². The molecule has 1 aliphatic rings. The lowest BCUT2D eigenvalue weighted by Crippen LogP contribution is -3.00. The normalized spacial score (nSPS) is 18.4. The van der Waals surface area contributed by atoms with Crippen LogP contribution in [0.3, 0.4) is 0 Å². The standard InChI is InChI=1S/C36H49N8O12P.BrH/c1-7-15-51-36(48)42-27(34(46)41-26(18-25-12-10-9-11-13-25)35(47)50-17-14-44(4,5)6)20-53-57(49,52-16-8-2)54-21-29-28(55-24(3)45)19-30(56-29)43-23-40-31-32(37)38-22-39-33(31)43;/h7-13,22-23,26-30H,1-2,14-21H2,3-6H3,(H3-,37,38,39,41,42,46,48);1H/t26-,27-,28-,29+,30+,57?;/m0./s1. The molecule has 3 heterocycles. The van der Waals surface area contributed by atoms with Gasteiger partial charge in [0.25, 0.3) is 0 Å². The summed E-state index contributed by atoms with van der Waals surface area (Å²) in [5, 5.41) is 4.97. The van der Waals surface area contributed by atoms with Crippen LogP contribution in [0.4, 0.5) is 10.6 Å². The van der Waals surface area contributed by atoms with E-state index in [9.17, 15) is 23.7 Å². The second-order valence-electron chi connectivity index (χ2n) is 13.7. The van der Waals surface area contributed by atoms with Crippen LogP contribution in [0.2, 0.25) is 0 Å². The van der Waals surface area contributed by atoms with Gasteiger partial charge in [-0.3, -0.25) is 27.7 Å². The number of carbonyl (C=O) groups excluding carboxylic acids is 4. The number of fused-ring (bicyclic) bond motifs is 1. The van der Waals surface area contributed by atoms with Crippen LogP contribution in [0.25, 0.3) is 11.2 Å². The summed E-state index contributed by atoms with van der Waals surface area (Å²) in [5.41, 5.74) is 7.36. The first-order chi connectivity index (χ1) is 27.1. The van der Waals surface area contributed by atoms with Gasteiger partial charge in [-0.15, -0.1) is 6.58 Å². The molecule has 318 valence electrons. The average molecular weight is 898 g/mol. The van der Waals surface area contributed by atoms with Crippen LogP contribution in [-0.4, -0.2) is 133 Å². The van der Waals surface area contributed by atoms with Crippen molar-refractivity contribution in [2.75, 3.05) is 66.5 Å². The van der Waals surface area contributed by atoms with Crippen molar-refractivity contribution < 1.29 is 77.7 Å². The number of aromatic nitrogens is 4. The largest absolute Gasteiger partial charge is 1.00 e. The maximum atomic E-state index is 14.0. The zero-order valence-corrected chi connectivity index (χ0v) is 35.2. The Balaban J connectivity index is 0.00000900. The highest BCUT2D eigenvalue weighted by atomic mass is 79.9. The Morgan fingerprint density at radius 1 is 1.02 bits per heavy atom. The second-order valence-corrected chi connectivity index (χ2v) is 15.4. The van der Waals surface area contributed by atoms with E-state index in [1.165, 1.54) is 31.7 Å². The fraction of sp³-hybridized carbons (Fsp3) is 0.472. The molecular formula is C36H50BrN8O12P. The lowest BCUT2D eigenvalue weighted by atomic mass is 10.1. The Kier molecular flexibility index (Phi) is 18.4. The van der Waals surface area contributed by atoms with E-state index in [-0.39, 0.29) is 55.5 Å². The first-order valence-corrected chi connectivity index (χ1v) is 19.3. The van der Waals surface area contributed by atoms with Crippen LogP contribution in [0.5, 0.6) is 0 Å². The zero-order valence-electron chi connectivity index (χ0n) is 32.7. The molecule has 1 aliphatic heterocycles. The molecule has 2 aromatic heterocycles. The molecule has 0 spiro atoms. The van der Waals surface area contributed by atoms with Gasteiger partial charge in [0.05, 0.1) is 47.3 Å². The Bertz CT molecular complexity index is 1910. The van der Waals surface area contributed by atoms with Gasteiger partial charge < -0.3 is 56.8 Å². The fourth-order valence-electron chi connectivity index (χ4n) is 5.36. The molecule has 1 fully saturated rings. The Morgan fingerprint density at radius 2 is 1.74 bits per heavy atom. The molecule has 58 heavy (non-hydrogen) atoms. The molecule has 0 bridgehead atoms. The third-order valence-corrected chi connectivity index (χ3v) is 9.57. The van der Waals surface area contributed by atoms with Crippen molar-refractivity contribution >= 4 is 48.7 Å². The minimum absolute atomic E-state index is 0. The van der Waals surface area contributed by atoms with E-state index >= 15 is 0 Å². The fourth-order valence-corrected chi connectivity index (χ4v) is 6.54. The topological polar surface area (TPSA) is 244 Å². The van der Waals surface area contributed by atoms with Gasteiger partial charge in [0, 0.05) is 19.8 Å². The second kappa shape index (κ2) is 22.4. The molecule has 1 unspecified atom stereocenters. The van der Waals surface area contributed by atoms with Crippen molar-refractivity contribution in [2.24, 2.45) is 0 Å². The number of nitrogens with zero attached hydrogens (tertiary/aromatic N) is 5. The van der Waals surface area contributed by atoms with Crippen LogP contribution < -0.4 is 33.3 Å². The lowest BCUT2D eigenvalue weighted by Gasteiger charge is -2.26. The number of nitrogens with one attached hydrogen (secondary N) is 2. The number of ether oxygens (including phenoxy) is 4. The number of hydrogen-bond acceptors (Lipinski definition) is 16. The summed E-state index contributed by atoms with van der Waals surface area (Å²) in [4.78, 5) is 64.3. The van der Waals surface area contributed by atoms with E-state index in [2.05, 4.69) is 38.7 Å². The van der Waals surface area contributed by atoms with Gasteiger partial charge in [0.15, 0.2) is 11.5 Å². The molecule has 0 aliphatic carbocycles. The average Bonchev–Trinajstić information content (AvgIpc) is 3.78. The summed E-state index contributed by atoms with van der Waals surface area (Å²) in [6.07, 6.45) is 1.79. The number of imidazole rings is 1. The molecular weight excluding hydrogens is 847 g/mol. The number of alkyl carbamates (subject to hydrolysis) is 1. The van der Waals surface area contributed by atoms with E-state index in [0.717, 1.165) is 5.56 Å². The van der Waals surface area contributed by atoms with E-state index in [4.69, 9.17) is 38.3 Å². The number of likely N-dealkylation sites (N-methyl/N-ethyl adjacent to an activating group) is 1. The number of benzene rings is 1. The Labute approximate surface area is 346 Å². The van der Waals surface area contributed by atoms with Gasteiger partial charge in [0.2, 0.25) is 5.91 Å². The van der Waals surface area contributed by atoms with E-state index in [1.54, 1.807) is 34.9 Å². The Hall–Kier alpha value is -4.76. The number of rotatable bonds is 22. The van der Waals surface area contributed by atoms with Crippen molar-refractivity contribution in [1.82, 2.24) is 30.2 Å². The van der Waals surface area contributed by atoms with Gasteiger partial charge in [0.1, 0.15) is 62.1 Å². The number of phosphoric acid groups is 1. The molecule has 0 radical (unpaired) electrons. The molecule has 2 amide bonds. The monoisotopic (exact) mass is 896 g/mol. The summed E-state index contributed by atoms with van der Waals surface area (Å²) < 4.78 is 55.1. The minimum atomic E-state index is -4.60. The van der Waals surface area contributed by atoms with Crippen LogP contribution in [0, 0.1) is 0 Å². The highest BCUT2D eigenvalue weighted by Gasteiger charge is 2.42. The molecule has 1 saturated heterocycles. The van der Waals surface area contributed by atoms with Crippen LogP contribution in [-0.2, 0) is 57.9 Å². The third-order valence-electron chi connectivity index (χ3n) is 8.17. The highest BCUT2D eigenvalue weighted by Crippen LogP contribution is 2.50. The number of quaternary nitrogens is 1. The molecule has 4 rings (SSSR count). The number of halogens is 1. The first kappa shape index (κ1) is 47.6. The molecule has 20 nitrogen and oxygen atoms in total. The summed E-state index contributed by atoms with van der Waals surface area (Å²) in [6.45, 7) is 7.08. The van der Waals surface area contributed by atoms with Crippen molar-refractivity contribution in [1.29, 1.82) is 0 Å². The summed E-state index contributed by atoms with van der Waals surface area (Å²) in [5.74, 6) is -2.07. The zero-order chi connectivity index (χ0) is 41.6. The van der Waals surface area contributed by atoms with Crippen molar-refractivity contribution in [3.63, 3.8) is 0 Å². The van der Waals surface area contributed by atoms with Gasteiger partial charge in [-0.05, 0) is 5.56 Å². The summed E-state index contributed by atoms with van der Waals surface area (Å²) in [6, 6.07) is 6.12. The van der Waals surface area contributed by atoms with Crippen molar-refractivity contribution in [2.45, 2.75) is 50.3 Å². The predicted molar refractivity (Wildman–Crippen MR) is 204 cm³/mol. The van der Waals surface area contributed by atoms with Gasteiger partial charge in [-0.1, -0.05) is 49.1 Å². The number of nitrogen functional groups attached to an aromatic ring is 1. The molecule has 4 N–H and O–H groups in total. The molecule has 1 aromatic carbocycles. The molecule has 22 heteroatoms. The van der Waals surface area contributed by atoms with Crippen LogP contribution in [0.1, 0.15) is 25.1 Å². The number of amides is 2. The number of esters is 2. The minimum Gasteiger partial charge on any atom is -1.00 e. The summed E-state index contributed by atoms with van der Waals surface area (Å²) in [7, 11) is 1.21. The number of nitrogens with two attached hydrogens (primary N) is 1. The maximum Gasteiger partial charge on any atom is 0.475 e. The third kappa shape index (κ3) is 14.6. The number of phosphoric ester groups is 1. The highest BCUT2D eigenvalue weighted by molar-refractivity contribution is 7.48. The molecule has 0 saturated carbocycles. The maximum absolute atomic E-state index is 14.0. The van der Waals surface area contributed by atoms with E-state index in [1.807, 2.05) is 21.1 Å². The van der Waals surface area contributed by atoms with Crippen molar-refractivity contribution in [3.8, 4) is 0 Å². The van der Waals surface area contributed by atoms with Gasteiger partial charge in [-0.2, -0.15) is 0 Å². The quantitative estimate of drug-likeness (QED) is 0.0369. The van der Waals surface area contributed by atoms with E-state index in [0.29, 0.717) is 22.2 Å². The first-order valence-electron chi connectivity index (χ1n) is 17.9. The smallest absolute Gasteiger partial charge is 0.475 e. The molecule has 6 atom stereocenters.